The second-order valence-corrected chi connectivity index (χ2v) is 3.94. The van der Waals surface area contributed by atoms with Crippen LogP contribution in [0.1, 0.15) is 6.92 Å². The van der Waals surface area contributed by atoms with Crippen LogP contribution < -0.4 is 9.44 Å². The van der Waals surface area contributed by atoms with Crippen LogP contribution >= 0.6 is 0 Å². The van der Waals surface area contributed by atoms with Gasteiger partial charge in [0, 0.05) is 0 Å². The molecule has 1 unspecified atom stereocenters. The van der Waals surface area contributed by atoms with Crippen LogP contribution in [-0.2, 0) is 10.2 Å². The fourth-order valence-corrected chi connectivity index (χ4v) is 1.43. The molecule has 9 heteroatoms. The monoisotopic (exact) mass is 231 g/mol. The highest BCUT2D eigenvalue weighted by Gasteiger charge is 2.29. The molecule has 1 atom stereocenters. The van der Waals surface area contributed by atoms with Gasteiger partial charge in [-0.3, -0.25) is 0 Å². The van der Waals surface area contributed by atoms with Crippen LogP contribution in [0.2, 0.25) is 0 Å². The molecule has 0 rings (SSSR count). The molecule has 0 aromatic carbocycles. The topological polar surface area (TPSA) is 82.0 Å². The van der Waals surface area contributed by atoms with E-state index >= 15 is 0 Å². The van der Waals surface area contributed by atoms with Crippen molar-refractivity contribution in [2.45, 2.75) is 19.1 Å². The summed E-state index contributed by atoms with van der Waals surface area (Å²) < 4.78 is 59.2. The van der Waals surface area contributed by atoms with Crippen molar-refractivity contribution < 1.29 is 21.6 Å². The molecule has 0 heterocycles. The molecule has 0 aromatic rings. The van der Waals surface area contributed by atoms with Gasteiger partial charge in [-0.2, -0.15) is 36.3 Å². The number of alkyl halides is 3. The first-order valence-electron chi connectivity index (χ1n) is 3.39. The van der Waals surface area contributed by atoms with Gasteiger partial charge in [0.05, 0.1) is 6.07 Å². The zero-order valence-electron chi connectivity index (χ0n) is 7.09. The Kier molecular flexibility index (Phi) is 4.31. The first kappa shape index (κ1) is 13.2. The zero-order chi connectivity index (χ0) is 11.4. The Hall–Kier alpha value is -0.850. The molecule has 0 radical (unpaired) electrons. The molecule has 0 saturated carbocycles. The molecule has 14 heavy (non-hydrogen) atoms. The molecule has 0 amide bonds. The summed E-state index contributed by atoms with van der Waals surface area (Å²) in [5.41, 5.74) is 0. The van der Waals surface area contributed by atoms with Gasteiger partial charge in [-0.05, 0) is 6.92 Å². The van der Waals surface area contributed by atoms with E-state index in [-0.39, 0.29) is 0 Å². The quantitative estimate of drug-likeness (QED) is 0.708. The summed E-state index contributed by atoms with van der Waals surface area (Å²) in [7, 11) is -4.27. The summed E-state index contributed by atoms with van der Waals surface area (Å²) in [6.07, 6.45) is -4.62. The number of nitriles is 1. The first-order valence-corrected chi connectivity index (χ1v) is 4.88. The van der Waals surface area contributed by atoms with Crippen molar-refractivity contribution in [3.8, 4) is 6.07 Å². The van der Waals surface area contributed by atoms with Gasteiger partial charge in [-0.15, -0.1) is 0 Å². The van der Waals surface area contributed by atoms with Crippen LogP contribution in [0.3, 0.4) is 0 Å². The molecule has 82 valence electrons. The molecule has 0 spiro atoms. The molecule has 0 aliphatic rings. The maximum atomic E-state index is 11.6. The van der Waals surface area contributed by atoms with E-state index in [0.29, 0.717) is 0 Å². The summed E-state index contributed by atoms with van der Waals surface area (Å²) in [6, 6.07) is 0.424. The third-order valence-corrected chi connectivity index (χ3v) is 2.18. The molecule has 0 fully saturated rings. The Balaban J connectivity index is 4.18. The lowest BCUT2D eigenvalue weighted by atomic mass is 10.4. The average molecular weight is 231 g/mol. The molecule has 0 aliphatic carbocycles. The molecule has 0 aromatic heterocycles. The van der Waals surface area contributed by atoms with Crippen LogP contribution in [0, 0.1) is 11.3 Å². The zero-order valence-corrected chi connectivity index (χ0v) is 7.91. The summed E-state index contributed by atoms with van der Waals surface area (Å²) in [6.45, 7) is -0.465. The van der Waals surface area contributed by atoms with E-state index in [9.17, 15) is 21.6 Å². The number of rotatable bonds is 4. The van der Waals surface area contributed by atoms with Gasteiger partial charge in [0.1, 0.15) is 12.6 Å². The standard InChI is InChI=1S/C5H8F3N3O2S/c1-4(2-9)11-14(12,13)10-3-5(6,7)8/h4,10-11H,3H2,1H3. The van der Waals surface area contributed by atoms with E-state index in [1.54, 1.807) is 4.72 Å². The Morgan fingerprint density at radius 3 is 2.36 bits per heavy atom. The number of hydrogen-bond donors (Lipinski definition) is 2. The third kappa shape index (κ3) is 6.64. The van der Waals surface area contributed by atoms with Crippen LogP contribution in [0.4, 0.5) is 13.2 Å². The highest BCUT2D eigenvalue weighted by Crippen LogP contribution is 2.12. The minimum atomic E-state index is -4.62. The number of halogens is 3. The van der Waals surface area contributed by atoms with E-state index in [1.807, 2.05) is 0 Å². The van der Waals surface area contributed by atoms with E-state index in [4.69, 9.17) is 5.26 Å². The minimum absolute atomic E-state index is 1.08. The largest absolute Gasteiger partial charge is 0.402 e. The Bertz CT molecular complexity index is 318. The average Bonchev–Trinajstić information content (AvgIpc) is 1.99. The van der Waals surface area contributed by atoms with Gasteiger partial charge in [0.25, 0.3) is 10.2 Å². The summed E-state index contributed by atoms with van der Waals surface area (Å²) in [5, 5.41) is 8.20. The normalized spacial score (nSPS) is 14.8. The maximum Gasteiger partial charge on any atom is 0.402 e. The molecule has 0 aliphatic heterocycles. The van der Waals surface area contributed by atoms with Gasteiger partial charge < -0.3 is 0 Å². The van der Waals surface area contributed by atoms with Crippen molar-refractivity contribution in [2.24, 2.45) is 0 Å². The number of nitrogens with one attached hydrogen (secondary N) is 2. The second kappa shape index (κ2) is 4.59. The number of hydrogen-bond acceptors (Lipinski definition) is 3. The van der Waals surface area contributed by atoms with Crippen molar-refractivity contribution in [1.29, 1.82) is 5.26 Å². The Morgan fingerprint density at radius 1 is 1.50 bits per heavy atom. The second-order valence-electron chi connectivity index (χ2n) is 2.41. The van der Waals surface area contributed by atoms with E-state index in [0.717, 1.165) is 0 Å². The highest BCUT2D eigenvalue weighted by atomic mass is 32.2. The van der Waals surface area contributed by atoms with Crippen molar-refractivity contribution in [2.75, 3.05) is 6.54 Å². The fourth-order valence-electron chi connectivity index (χ4n) is 0.478. The predicted molar refractivity (Wildman–Crippen MR) is 41.2 cm³/mol. The SMILES string of the molecule is CC(C#N)NS(=O)(=O)NCC(F)(F)F. The highest BCUT2D eigenvalue weighted by molar-refractivity contribution is 7.87. The van der Waals surface area contributed by atoms with Crippen molar-refractivity contribution in [1.82, 2.24) is 9.44 Å². The fraction of sp³-hybridized carbons (Fsp3) is 0.800. The summed E-state index contributed by atoms with van der Waals surface area (Å²) in [4.78, 5) is 0. The van der Waals surface area contributed by atoms with Crippen LogP contribution in [0.15, 0.2) is 0 Å². The van der Waals surface area contributed by atoms with Crippen LogP contribution in [-0.4, -0.2) is 27.2 Å². The molecule has 0 saturated heterocycles. The smallest absolute Gasteiger partial charge is 0.197 e. The molecule has 2 N–H and O–H groups in total. The minimum Gasteiger partial charge on any atom is -0.197 e. The Morgan fingerprint density at radius 2 is 2.00 bits per heavy atom. The van der Waals surface area contributed by atoms with Gasteiger partial charge in [0.2, 0.25) is 0 Å². The third-order valence-electron chi connectivity index (χ3n) is 0.988. The van der Waals surface area contributed by atoms with Crippen LogP contribution in [0.25, 0.3) is 0 Å². The summed E-state index contributed by atoms with van der Waals surface area (Å²) >= 11 is 0. The lowest BCUT2D eigenvalue weighted by Crippen LogP contribution is -2.44. The summed E-state index contributed by atoms with van der Waals surface area (Å²) in [5.74, 6) is 0. The van der Waals surface area contributed by atoms with E-state index < -0.39 is 29.0 Å². The molecule has 0 bridgehead atoms. The van der Waals surface area contributed by atoms with Crippen molar-refractivity contribution in [3.05, 3.63) is 0 Å². The van der Waals surface area contributed by atoms with Gasteiger partial charge >= 0.3 is 6.18 Å². The van der Waals surface area contributed by atoms with Gasteiger partial charge in [0.15, 0.2) is 0 Å². The molecular formula is C5H8F3N3O2S. The Labute approximate surface area is 79.1 Å². The van der Waals surface area contributed by atoms with Crippen molar-refractivity contribution in [3.63, 3.8) is 0 Å². The number of nitrogens with zero attached hydrogens (tertiary/aromatic N) is 1. The van der Waals surface area contributed by atoms with Gasteiger partial charge in [-0.1, -0.05) is 0 Å². The molecule has 5 nitrogen and oxygen atoms in total. The van der Waals surface area contributed by atoms with Crippen molar-refractivity contribution >= 4 is 10.2 Å². The lowest BCUT2D eigenvalue weighted by Gasteiger charge is -2.10. The van der Waals surface area contributed by atoms with E-state index in [1.165, 1.54) is 17.7 Å². The first-order chi connectivity index (χ1) is 6.16. The molecular weight excluding hydrogens is 223 g/mol. The van der Waals surface area contributed by atoms with Crippen LogP contribution in [0.5, 0.6) is 0 Å². The lowest BCUT2D eigenvalue weighted by molar-refractivity contribution is -0.121. The maximum absolute atomic E-state index is 11.6. The predicted octanol–water partition coefficient (Wildman–Crippen LogP) is -0.115. The van der Waals surface area contributed by atoms with Gasteiger partial charge in [-0.25, -0.2) is 0 Å². The van der Waals surface area contributed by atoms with E-state index in [2.05, 4.69) is 0 Å².